The van der Waals surface area contributed by atoms with E-state index in [0.717, 1.165) is 0 Å². The van der Waals surface area contributed by atoms with Gasteiger partial charge in [-0.1, -0.05) is 35.0 Å². The highest BCUT2D eigenvalue weighted by molar-refractivity contribution is 7.99. The number of carbonyl (C=O) groups excluding carboxylic acids is 1. The lowest BCUT2D eigenvalue weighted by atomic mass is 10.3. The Morgan fingerprint density at radius 2 is 2.12 bits per heavy atom. The van der Waals surface area contributed by atoms with E-state index >= 15 is 0 Å². The average molecular weight is 397 g/mol. The molecule has 0 saturated carbocycles. The molecule has 0 radical (unpaired) electrons. The first-order chi connectivity index (χ1) is 12.1. The van der Waals surface area contributed by atoms with Crippen molar-refractivity contribution < 1.29 is 9.21 Å². The van der Waals surface area contributed by atoms with Crippen molar-refractivity contribution in [3.05, 3.63) is 46.6 Å². The number of nitrogens with zero attached hydrogens (tertiary/aromatic N) is 3. The lowest BCUT2D eigenvalue weighted by molar-refractivity contribution is -0.113. The Labute approximate surface area is 158 Å². The standard InChI is InChI=1S/C16H14Cl2N4O2S/c1-2-22-15(13-4-3-7-24-13)20-21-16(22)25-9-14(23)19-10-5-6-11(17)12(18)8-10/h3-8H,2,9H2,1H3,(H,19,23). The van der Waals surface area contributed by atoms with E-state index in [1.807, 2.05) is 17.6 Å². The quantitative estimate of drug-likeness (QED) is 0.616. The molecule has 0 aliphatic carbocycles. The number of benzene rings is 1. The van der Waals surface area contributed by atoms with Crippen LogP contribution in [0.1, 0.15) is 6.92 Å². The predicted molar refractivity (Wildman–Crippen MR) is 99.2 cm³/mol. The fourth-order valence-electron chi connectivity index (χ4n) is 2.17. The van der Waals surface area contributed by atoms with Crippen molar-refractivity contribution in [1.29, 1.82) is 0 Å². The molecule has 0 bridgehead atoms. The van der Waals surface area contributed by atoms with Gasteiger partial charge in [-0.3, -0.25) is 9.36 Å². The number of thioether (sulfide) groups is 1. The number of halogens is 2. The number of carbonyl (C=O) groups is 1. The second kappa shape index (κ2) is 7.95. The number of aromatic nitrogens is 3. The van der Waals surface area contributed by atoms with E-state index in [1.54, 1.807) is 30.5 Å². The molecule has 0 aliphatic heterocycles. The molecule has 25 heavy (non-hydrogen) atoms. The molecular weight excluding hydrogens is 383 g/mol. The molecular formula is C16H14Cl2N4O2S. The Bertz CT molecular complexity index is 880. The minimum Gasteiger partial charge on any atom is -0.461 e. The SMILES string of the molecule is CCn1c(SCC(=O)Nc2ccc(Cl)c(Cl)c2)nnc1-c1ccco1. The summed E-state index contributed by atoms with van der Waals surface area (Å²) < 4.78 is 7.26. The van der Waals surface area contributed by atoms with Gasteiger partial charge in [0.2, 0.25) is 5.91 Å². The highest BCUT2D eigenvalue weighted by Crippen LogP contribution is 2.26. The summed E-state index contributed by atoms with van der Waals surface area (Å²) >= 11 is 13.1. The molecule has 1 aromatic carbocycles. The molecule has 1 amide bonds. The third kappa shape index (κ3) is 4.18. The maximum Gasteiger partial charge on any atom is 0.234 e. The summed E-state index contributed by atoms with van der Waals surface area (Å²) in [6.07, 6.45) is 1.58. The average Bonchev–Trinajstić information content (AvgIpc) is 3.24. The lowest BCUT2D eigenvalue weighted by Crippen LogP contribution is -2.14. The maximum atomic E-state index is 12.1. The largest absolute Gasteiger partial charge is 0.461 e. The van der Waals surface area contributed by atoms with Crippen molar-refractivity contribution in [3.8, 4) is 11.6 Å². The van der Waals surface area contributed by atoms with E-state index in [-0.39, 0.29) is 11.7 Å². The first-order valence-corrected chi connectivity index (χ1v) is 9.17. The Kier molecular flexibility index (Phi) is 5.67. The van der Waals surface area contributed by atoms with Crippen LogP contribution in [0.2, 0.25) is 10.0 Å². The van der Waals surface area contributed by atoms with Gasteiger partial charge in [-0.15, -0.1) is 10.2 Å². The summed E-state index contributed by atoms with van der Waals surface area (Å²) in [6.45, 7) is 2.65. The topological polar surface area (TPSA) is 73.0 Å². The van der Waals surface area contributed by atoms with Crippen molar-refractivity contribution in [1.82, 2.24) is 14.8 Å². The molecule has 1 N–H and O–H groups in total. The zero-order valence-electron chi connectivity index (χ0n) is 13.2. The third-order valence-corrected chi connectivity index (χ3v) is 5.02. The molecule has 0 aliphatic rings. The van der Waals surface area contributed by atoms with E-state index in [4.69, 9.17) is 27.6 Å². The number of hydrogen-bond donors (Lipinski definition) is 1. The molecule has 3 aromatic rings. The maximum absolute atomic E-state index is 12.1. The number of amides is 1. The van der Waals surface area contributed by atoms with E-state index in [9.17, 15) is 4.79 Å². The van der Waals surface area contributed by atoms with Gasteiger partial charge >= 0.3 is 0 Å². The summed E-state index contributed by atoms with van der Waals surface area (Å²) in [5, 5.41) is 12.5. The summed E-state index contributed by atoms with van der Waals surface area (Å²) in [6, 6.07) is 8.55. The smallest absolute Gasteiger partial charge is 0.234 e. The third-order valence-electron chi connectivity index (χ3n) is 3.31. The van der Waals surface area contributed by atoms with Crippen LogP contribution in [-0.2, 0) is 11.3 Å². The van der Waals surface area contributed by atoms with Crippen molar-refractivity contribution in [2.45, 2.75) is 18.6 Å². The van der Waals surface area contributed by atoms with Gasteiger partial charge in [-0.25, -0.2) is 0 Å². The van der Waals surface area contributed by atoms with Crippen LogP contribution in [0, 0.1) is 0 Å². The van der Waals surface area contributed by atoms with Gasteiger partial charge in [0.05, 0.1) is 22.1 Å². The molecule has 2 aromatic heterocycles. The van der Waals surface area contributed by atoms with Crippen molar-refractivity contribution in [2.75, 3.05) is 11.1 Å². The molecule has 6 nitrogen and oxygen atoms in total. The summed E-state index contributed by atoms with van der Waals surface area (Å²) in [5.74, 6) is 1.30. The van der Waals surface area contributed by atoms with Gasteiger partial charge in [0.1, 0.15) is 0 Å². The molecule has 0 spiro atoms. The van der Waals surface area contributed by atoms with Crippen molar-refractivity contribution in [3.63, 3.8) is 0 Å². The highest BCUT2D eigenvalue weighted by Gasteiger charge is 2.16. The van der Waals surface area contributed by atoms with E-state index < -0.39 is 0 Å². The highest BCUT2D eigenvalue weighted by atomic mass is 35.5. The van der Waals surface area contributed by atoms with Crippen LogP contribution < -0.4 is 5.32 Å². The zero-order valence-corrected chi connectivity index (χ0v) is 15.5. The molecule has 0 atom stereocenters. The van der Waals surface area contributed by atoms with E-state index in [1.165, 1.54) is 11.8 Å². The molecule has 130 valence electrons. The predicted octanol–water partition coefficient (Wildman–Crippen LogP) is 4.60. The van der Waals surface area contributed by atoms with E-state index in [2.05, 4.69) is 15.5 Å². The van der Waals surface area contributed by atoms with Crippen molar-refractivity contribution >= 4 is 46.6 Å². The normalized spacial score (nSPS) is 10.8. The van der Waals surface area contributed by atoms with Crippen LogP contribution in [-0.4, -0.2) is 26.4 Å². The molecule has 0 unspecified atom stereocenters. The summed E-state index contributed by atoms with van der Waals surface area (Å²) in [5.41, 5.74) is 0.591. The molecule has 0 saturated heterocycles. The molecule has 9 heteroatoms. The van der Waals surface area contributed by atoms with Gasteiger partial charge in [0.25, 0.3) is 0 Å². The summed E-state index contributed by atoms with van der Waals surface area (Å²) in [7, 11) is 0. The minimum absolute atomic E-state index is 0.173. The van der Waals surface area contributed by atoms with Gasteiger partial charge in [0.15, 0.2) is 16.7 Å². The van der Waals surface area contributed by atoms with Crippen LogP contribution in [0.4, 0.5) is 5.69 Å². The monoisotopic (exact) mass is 396 g/mol. The fourth-order valence-corrected chi connectivity index (χ4v) is 3.27. The van der Waals surface area contributed by atoms with Crippen LogP contribution in [0.25, 0.3) is 11.6 Å². The number of rotatable bonds is 6. The Hall–Kier alpha value is -1.96. The molecule has 0 fully saturated rings. The number of furan rings is 1. The van der Waals surface area contributed by atoms with Crippen LogP contribution >= 0.6 is 35.0 Å². The van der Waals surface area contributed by atoms with E-state index in [0.29, 0.717) is 39.0 Å². The second-order valence-corrected chi connectivity index (χ2v) is 6.75. The lowest BCUT2D eigenvalue weighted by Gasteiger charge is -2.07. The van der Waals surface area contributed by atoms with Crippen LogP contribution in [0.15, 0.2) is 46.2 Å². The Balaban J connectivity index is 1.65. The van der Waals surface area contributed by atoms with Crippen LogP contribution in [0.5, 0.6) is 0 Å². The van der Waals surface area contributed by atoms with Crippen molar-refractivity contribution in [2.24, 2.45) is 0 Å². The van der Waals surface area contributed by atoms with Gasteiger partial charge in [-0.05, 0) is 37.3 Å². The van der Waals surface area contributed by atoms with Gasteiger partial charge < -0.3 is 9.73 Å². The van der Waals surface area contributed by atoms with Gasteiger partial charge in [0, 0.05) is 12.2 Å². The summed E-state index contributed by atoms with van der Waals surface area (Å²) in [4.78, 5) is 12.1. The number of nitrogens with one attached hydrogen (secondary N) is 1. The Morgan fingerprint density at radius 3 is 2.80 bits per heavy atom. The molecule has 2 heterocycles. The fraction of sp³-hybridized carbons (Fsp3) is 0.188. The number of hydrogen-bond acceptors (Lipinski definition) is 5. The first-order valence-electron chi connectivity index (χ1n) is 7.43. The van der Waals surface area contributed by atoms with Crippen LogP contribution in [0.3, 0.4) is 0 Å². The number of anilines is 1. The Morgan fingerprint density at radius 1 is 1.28 bits per heavy atom. The minimum atomic E-state index is -0.173. The van der Waals surface area contributed by atoms with Gasteiger partial charge in [-0.2, -0.15) is 0 Å². The second-order valence-electron chi connectivity index (χ2n) is 4.99. The molecule has 3 rings (SSSR count). The zero-order chi connectivity index (χ0) is 17.8. The first kappa shape index (κ1) is 17.8.